The number of aliphatic hydroxyl groups excluding tert-OH is 1. The van der Waals surface area contributed by atoms with E-state index in [9.17, 15) is 14.7 Å². The summed E-state index contributed by atoms with van der Waals surface area (Å²) in [6, 6.07) is 0. The number of carbonyl (C=O) groups is 2. The number of carbonyl (C=O) groups excluding carboxylic acids is 2. The van der Waals surface area contributed by atoms with Crippen LogP contribution in [0.4, 0.5) is 0 Å². The van der Waals surface area contributed by atoms with Crippen LogP contribution in [0, 0.1) is 23.7 Å². The van der Waals surface area contributed by atoms with Gasteiger partial charge in [-0.05, 0) is 12.0 Å². The van der Waals surface area contributed by atoms with E-state index in [0.717, 1.165) is 5.57 Å². The monoisotopic (exact) mass is 262 g/mol. The van der Waals surface area contributed by atoms with Crippen LogP contribution < -0.4 is 0 Å². The summed E-state index contributed by atoms with van der Waals surface area (Å²) in [4.78, 5) is 23.9. The molecule has 0 spiro atoms. The molecule has 4 heteroatoms. The van der Waals surface area contributed by atoms with Gasteiger partial charge >= 0.3 is 5.97 Å². The Morgan fingerprint density at radius 2 is 2.00 bits per heavy atom. The first-order valence-electron chi connectivity index (χ1n) is 6.69. The maximum absolute atomic E-state index is 12.1. The Balaban J connectivity index is 2.06. The van der Waals surface area contributed by atoms with Gasteiger partial charge in [-0.15, -0.1) is 0 Å². The molecule has 2 aliphatic carbocycles. The summed E-state index contributed by atoms with van der Waals surface area (Å²) in [6.07, 6.45) is -0.338. The van der Waals surface area contributed by atoms with Crippen molar-refractivity contribution < 1.29 is 19.4 Å². The molecular formula is C15H18O4. The average molecular weight is 262 g/mol. The second kappa shape index (κ2) is 4.04. The normalized spacial score (nSPS) is 45.8. The summed E-state index contributed by atoms with van der Waals surface area (Å²) in [5.74, 6) is -1.13. The summed E-state index contributed by atoms with van der Waals surface area (Å²) in [6.45, 7) is 9.69. The van der Waals surface area contributed by atoms with Crippen molar-refractivity contribution in [2.45, 2.75) is 32.0 Å². The lowest BCUT2D eigenvalue weighted by Gasteiger charge is -2.25. The lowest BCUT2D eigenvalue weighted by molar-refractivity contribution is -0.145. The first kappa shape index (κ1) is 12.6. The van der Waals surface area contributed by atoms with E-state index in [2.05, 4.69) is 13.2 Å². The van der Waals surface area contributed by atoms with Crippen molar-refractivity contribution in [1.82, 2.24) is 0 Å². The van der Waals surface area contributed by atoms with Gasteiger partial charge in [-0.2, -0.15) is 0 Å². The molecule has 3 fully saturated rings. The maximum atomic E-state index is 12.1. The summed E-state index contributed by atoms with van der Waals surface area (Å²) in [5.41, 5.74) is 1.37. The van der Waals surface area contributed by atoms with Crippen LogP contribution in [-0.2, 0) is 14.3 Å². The third-order valence-electron chi connectivity index (χ3n) is 4.94. The van der Waals surface area contributed by atoms with Crippen molar-refractivity contribution in [3.63, 3.8) is 0 Å². The van der Waals surface area contributed by atoms with Gasteiger partial charge < -0.3 is 9.84 Å². The van der Waals surface area contributed by atoms with E-state index in [-0.39, 0.29) is 35.6 Å². The van der Waals surface area contributed by atoms with Crippen LogP contribution in [0.15, 0.2) is 24.3 Å². The van der Waals surface area contributed by atoms with Crippen molar-refractivity contribution in [1.29, 1.82) is 0 Å². The van der Waals surface area contributed by atoms with E-state index < -0.39 is 12.0 Å². The number of ketones is 1. The SMILES string of the molecule is C=C1C(O)CC2C(C)C(=O)OC2C2C(=C)CC(=O)C12. The molecule has 19 heavy (non-hydrogen) atoms. The summed E-state index contributed by atoms with van der Waals surface area (Å²) in [7, 11) is 0. The second-order valence-electron chi connectivity index (χ2n) is 5.99. The predicted molar refractivity (Wildman–Crippen MR) is 68.0 cm³/mol. The molecule has 4 nitrogen and oxygen atoms in total. The van der Waals surface area contributed by atoms with E-state index in [4.69, 9.17) is 4.74 Å². The van der Waals surface area contributed by atoms with Gasteiger partial charge in [-0.3, -0.25) is 9.59 Å². The molecule has 0 aromatic rings. The molecule has 0 aromatic carbocycles. The average Bonchev–Trinajstić information content (AvgIpc) is 2.74. The Morgan fingerprint density at radius 3 is 2.68 bits per heavy atom. The number of rotatable bonds is 0. The zero-order chi connectivity index (χ0) is 13.9. The minimum atomic E-state index is -0.741. The summed E-state index contributed by atoms with van der Waals surface area (Å²) in [5, 5.41) is 10.2. The highest BCUT2D eigenvalue weighted by Crippen LogP contribution is 2.50. The van der Waals surface area contributed by atoms with Crippen LogP contribution in [0.2, 0.25) is 0 Å². The molecule has 0 radical (unpaired) electrons. The van der Waals surface area contributed by atoms with Crippen LogP contribution in [0.1, 0.15) is 19.8 Å². The van der Waals surface area contributed by atoms with Crippen molar-refractivity contribution in [2.75, 3.05) is 0 Å². The number of ether oxygens (including phenoxy) is 1. The van der Waals surface area contributed by atoms with Gasteiger partial charge in [0.15, 0.2) is 0 Å². The number of Topliss-reactive ketones (excluding diaryl/α,β-unsaturated/α-hetero) is 1. The Labute approximate surface area is 112 Å². The van der Waals surface area contributed by atoms with E-state index in [1.54, 1.807) is 0 Å². The van der Waals surface area contributed by atoms with Gasteiger partial charge in [0.1, 0.15) is 11.9 Å². The standard InChI is InChI=1S/C15H18O4/c1-6-4-11(17)13-8(3)10(16)5-9-7(2)15(18)19-14(9)12(6)13/h7,9-10,12-14,16H,1,3-5H2,2H3. The predicted octanol–water partition coefficient (Wildman–Crippen LogP) is 1.25. The fourth-order valence-corrected chi connectivity index (χ4v) is 3.83. The Hall–Kier alpha value is -1.42. The van der Waals surface area contributed by atoms with Crippen LogP contribution in [0.3, 0.4) is 0 Å². The first-order chi connectivity index (χ1) is 8.91. The van der Waals surface area contributed by atoms with Crippen LogP contribution in [0.5, 0.6) is 0 Å². The van der Waals surface area contributed by atoms with E-state index in [0.29, 0.717) is 18.4 Å². The minimum absolute atomic E-state index is 0.0373. The Kier molecular flexibility index (Phi) is 2.68. The van der Waals surface area contributed by atoms with Gasteiger partial charge in [-0.25, -0.2) is 0 Å². The Morgan fingerprint density at radius 1 is 1.32 bits per heavy atom. The highest BCUT2D eigenvalue weighted by molar-refractivity contribution is 5.90. The van der Waals surface area contributed by atoms with Crippen molar-refractivity contribution in [3.8, 4) is 0 Å². The van der Waals surface area contributed by atoms with Gasteiger partial charge in [0.05, 0.1) is 17.9 Å². The van der Waals surface area contributed by atoms with E-state index >= 15 is 0 Å². The van der Waals surface area contributed by atoms with Gasteiger partial charge in [-0.1, -0.05) is 25.7 Å². The molecule has 3 rings (SSSR count). The molecule has 0 bridgehead atoms. The highest BCUT2D eigenvalue weighted by Gasteiger charge is 2.56. The third-order valence-corrected chi connectivity index (χ3v) is 4.94. The highest BCUT2D eigenvalue weighted by atomic mass is 16.6. The molecule has 6 unspecified atom stereocenters. The summed E-state index contributed by atoms with van der Waals surface area (Å²) < 4.78 is 5.48. The fraction of sp³-hybridized carbons (Fsp3) is 0.600. The smallest absolute Gasteiger partial charge is 0.309 e. The molecule has 1 saturated heterocycles. The van der Waals surface area contributed by atoms with Crippen molar-refractivity contribution in [2.24, 2.45) is 23.7 Å². The second-order valence-corrected chi connectivity index (χ2v) is 5.99. The van der Waals surface area contributed by atoms with Crippen LogP contribution in [-0.4, -0.2) is 29.1 Å². The number of aliphatic hydroxyl groups is 1. The Bertz CT molecular complexity index is 492. The molecule has 1 heterocycles. The van der Waals surface area contributed by atoms with Gasteiger partial charge in [0.2, 0.25) is 0 Å². The molecule has 6 atom stereocenters. The molecule has 3 aliphatic rings. The molecular weight excluding hydrogens is 244 g/mol. The fourth-order valence-electron chi connectivity index (χ4n) is 3.83. The third kappa shape index (κ3) is 1.62. The van der Waals surface area contributed by atoms with Gasteiger partial charge in [0.25, 0.3) is 0 Å². The van der Waals surface area contributed by atoms with E-state index in [1.165, 1.54) is 0 Å². The van der Waals surface area contributed by atoms with Crippen LogP contribution in [0.25, 0.3) is 0 Å². The molecule has 2 saturated carbocycles. The largest absolute Gasteiger partial charge is 0.461 e. The lowest BCUT2D eigenvalue weighted by atomic mass is 9.80. The molecule has 0 aromatic heterocycles. The quantitative estimate of drug-likeness (QED) is 0.527. The van der Waals surface area contributed by atoms with Crippen molar-refractivity contribution >= 4 is 11.8 Å². The van der Waals surface area contributed by atoms with Gasteiger partial charge in [0, 0.05) is 18.3 Å². The summed E-state index contributed by atoms with van der Waals surface area (Å²) >= 11 is 0. The zero-order valence-electron chi connectivity index (χ0n) is 11.0. The first-order valence-corrected chi connectivity index (χ1v) is 6.69. The van der Waals surface area contributed by atoms with Crippen molar-refractivity contribution in [3.05, 3.63) is 24.3 Å². The molecule has 102 valence electrons. The lowest BCUT2D eigenvalue weighted by Crippen LogP contribution is -2.30. The number of fused-ring (bicyclic) bond motifs is 3. The maximum Gasteiger partial charge on any atom is 0.309 e. The van der Waals surface area contributed by atoms with E-state index in [1.807, 2.05) is 6.92 Å². The number of hydrogen-bond donors (Lipinski definition) is 1. The molecule has 1 N–H and O–H groups in total. The number of esters is 1. The number of hydrogen-bond acceptors (Lipinski definition) is 4. The van der Waals surface area contributed by atoms with Crippen LogP contribution >= 0.6 is 0 Å². The molecule has 0 amide bonds. The molecule has 1 aliphatic heterocycles. The topological polar surface area (TPSA) is 63.6 Å². The zero-order valence-corrected chi connectivity index (χ0v) is 11.0. The minimum Gasteiger partial charge on any atom is -0.461 e.